The predicted octanol–water partition coefficient (Wildman–Crippen LogP) is 4.17. The number of ether oxygens (including phenoxy) is 1. The molecular weight excluding hydrogens is 268 g/mol. The molecule has 1 saturated carbocycles. The summed E-state index contributed by atoms with van der Waals surface area (Å²) in [6.45, 7) is 1.94. The lowest BCUT2D eigenvalue weighted by Crippen LogP contribution is -2.25. The molecule has 0 bridgehead atoms. The zero-order valence-corrected chi connectivity index (χ0v) is 13.3. The Kier molecular flexibility index (Phi) is 9.11. The lowest BCUT2D eigenvalue weighted by atomic mass is 9.93. The Labute approximate surface area is 128 Å². The van der Waals surface area contributed by atoms with E-state index in [0.29, 0.717) is 6.42 Å². The molecule has 4 heteroatoms. The first-order valence-electron chi connectivity index (χ1n) is 8.54. The molecule has 122 valence electrons. The fourth-order valence-corrected chi connectivity index (χ4v) is 3.20. The molecule has 21 heavy (non-hydrogen) atoms. The minimum atomic E-state index is -1.06. The Hall–Kier alpha value is -1.06. The van der Waals surface area contributed by atoms with Gasteiger partial charge in [0.1, 0.15) is 0 Å². The van der Waals surface area contributed by atoms with Gasteiger partial charge < -0.3 is 9.84 Å². The normalized spacial score (nSPS) is 18.0. The molecule has 0 radical (unpaired) electrons. The Morgan fingerprint density at radius 1 is 1.10 bits per heavy atom. The van der Waals surface area contributed by atoms with Crippen LogP contribution in [0.1, 0.15) is 77.6 Å². The summed E-state index contributed by atoms with van der Waals surface area (Å²) in [4.78, 5) is 22.6. The highest BCUT2D eigenvalue weighted by Gasteiger charge is 2.26. The molecule has 0 aliphatic heterocycles. The zero-order chi connectivity index (χ0) is 15.5. The Morgan fingerprint density at radius 3 is 2.33 bits per heavy atom. The molecule has 0 amide bonds. The number of unbranched alkanes of at least 4 members (excludes halogenated alkanes) is 2. The van der Waals surface area contributed by atoms with Crippen molar-refractivity contribution < 1.29 is 19.4 Å². The summed E-state index contributed by atoms with van der Waals surface area (Å²) >= 11 is 0. The van der Waals surface area contributed by atoms with Gasteiger partial charge in [0.05, 0.1) is 6.61 Å². The van der Waals surface area contributed by atoms with Crippen LogP contribution in [0.5, 0.6) is 0 Å². The van der Waals surface area contributed by atoms with Crippen molar-refractivity contribution in [2.24, 2.45) is 11.8 Å². The molecule has 0 aromatic carbocycles. The lowest BCUT2D eigenvalue weighted by Gasteiger charge is -2.14. The number of carboxylic acid groups (broad SMARTS) is 1. The van der Waals surface area contributed by atoms with Crippen molar-refractivity contribution in [1.29, 1.82) is 0 Å². The van der Waals surface area contributed by atoms with Crippen LogP contribution in [0.4, 0.5) is 0 Å². The summed E-state index contributed by atoms with van der Waals surface area (Å²) in [5, 5.41) is 9.06. The van der Waals surface area contributed by atoms with Gasteiger partial charge in [0.15, 0.2) is 5.92 Å². The quantitative estimate of drug-likeness (QED) is 0.300. The maximum Gasteiger partial charge on any atom is 0.320 e. The molecule has 1 unspecified atom stereocenters. The molecule has 0 aromatic heterocycles. The number of aliphatic carboxylic acids is 1. The van der Waals surface area contributed by atoms with Gasteiger partial charge in [-0.15, -0.1) is 0 Å². The number of esters is 1. The first kappa shape index (κ1) is 18.0. The molecule has 4 nitrogen and oxygen atoms in total. The van der Waals surface area contributed by atoms with Gasteiger partial charge in [-0.25, -0.2) is 0 Å². The van der Waals surface area contributed by atoms with Crippen LogP contribution in [-0.4, -0.2) is 23.7 Å². The summed E-state index contributed by atoms with van der Waals surface area (Å²) < 4.78 is 4.81. The third-order valence-corrected chi connectivity index (χ3v) is 4.45. The van der Waals surface area contributed by atoms with Gasteiger partial charge in [-0.2, -0.15) is 0 Å². The Bertz CT molecular complexity index is 306. The van der Waals surface area contributed by atoms with Gasteiger partial charge in [-0.1, -0.05) is 64.2 Å². The van der Waals surface area contributed by atoms with E-state index in [1.807, 2.05) is 0 Å². The highest BCUT2D eigenvalue weighted by Crippen LogP contribution is 2.27. The molecule has 1 aliphatic rings. The van der Waals surface area contributed by atoms with Crippen LogP contribution >= 0.6 is 0 Å². The van der Waals surface area contributed by atoms with E-state index in [4.69, 9.17) is 9.84 Å². The largest absolute Gasteiger partial charge is 0.481 e. The molecular formula is C17H30O4. The summed E-state index contributed by atoms with van der Waals surface area (Å²) in [7, 11) is 0. The maximum atomic E-state index is 11.5. The third kappa shape index (κ3) is 7.49. The minimum Gasteiger partial charge on any atom is -0.481 e. The second kappa shape index (κ2) is 10.6. The van der Waals surface area contributed by atoms with E-state index in [2.05, 4.69) is 0 Å². The summed E-state index contributed by atoms with van der Waals surface area (Å²) in [5.41, 5.74) is 0. The molecule has 1 atom stereocenters. The fourth-order valence-electron chi connectivity index (χ4n) is 3.20. The average Bonchev–Trinajstić information content (AvgIpc) is 2.71. The number of rotatable bonds is 9. The maximum absolute atomic E-state index is 11.5. The monoisotopic (exact) mass is 298 g/mol. The van der Waals surface area contributed by atoms with Crippen LogP contribution in [0.25, 0.3) is 0 Å². The zero-order valence-electron chi connectivity index (χ0n) is 13.3. The molecule has 0 heterocycles. The van der Waals surface area contributed by atoms with Crippen molar-refractivity contribution >= 4 is 11.9 Å². The van der Waals surface area contributed by atoms with Gasteiger partial charge in [0.2, 0.25) is 0 Å². The van der Waals surface area contributed by atoms with Crippen molar-refractivity contribution in [3.8, 4) is 0 Å². The van der Waals surface area contributed by atoms with Gasteiger partial charge in [0, 0.05) is 0 Å². The van der Waals surface area contributed by atoms with Crippen LogP contribution in [-0.2, 0) is 14.3 Å². The van der Waals surface area contributed by atoms with Crippen LogP contribution < -0.4 is 0 Å². The number of hydrogen-bond acceptors (Lipinski definition) is 3. The minimum absolute atomic E-state index is 0.240. The first-order valence-corrected chi connectivity index (χ1v) is 8.54. The molecule has 1 N–H and O–H groups in total. The SMILES string of the molecule is CCOC(=O)C(CCCCCC1CCCCCC1)C(=O)O. The van der Waals surface area contributed by atoms with Gasteiger partial charge in [-0.05, 0) is 19.3 Å². The molecule has 0 saturated heterocycles. The van der Waals surface area contributed by atoms with Gasteiger partial charge in [-0.3, -0.25) is 9.59 Å². The highest BCUT2D eigenvalue weighted by molar-refractivity contribution is 5.93. The van der Waals surface area contributed by atoms with Crippen molar-refractivity contribution in [2.45, 2.75) is 77.6 Å². The van der Waals surface area contributed by atoms with E-state index in [1.54, 1.807) is 6.92 Å². The summed E-state index contributed by atoms with van der Waals surface area (Å²) in [6.07, 6.45) is 12.9. The number of carboxylic acids is 1. The van der Waals surface area contributed by atoms with Crippen molar-refractivity contribution in [1.82, 2.24) is 0 Å². The molecule has 1 rings (SSSR count). The van der Waals surface area contributed by atoms with Crippen LogP contribution in [0.15, 0.2) is 0 Å². The van der Waals surface area contributed by atoms with E-state index in [-0.39, 0.29) is 6.61 Å². The summed E-state index contributed by atoms with van der Waals surface area (Å²) in [6, 6.07) is 0. The number of hydrogen-bond donors (Lipinski definition) is 1. The van der Waals surface area contributed by atoms with Crippen molar-refractivity contribution in [3.05, 3.63) is 0 Å². The van der Waals surface area contributed by atoms with E-state index >= 15 is 0 Å². The van der Waals surface area contributed by atoms with E-state index in [9.17, 15) is 9.59 Å². The average molecular weight is 298 g/mol. The van der Waals surface area contributed by atoms with Crippen molar-refractivity contribution in [3.63, 3.8) is 0 Å². The van der Waals surface area contributed by atoms with Crippen LogP contribution in [0.3, 0.4) is 0 Å². The smallest absolute Gasteiger partial charge is 0.320 e. The second-order valence-electron chi connectivity index (χ2n) is 6.14. The van der Waals surface area contributed by atoms with E-state index in [1.165, 1.54) is 44.9 Å². The number of carbonyl (C=O) groups excluding carboxylic acids is 1. The van der Waals surface area contributed by atoms with Crippen LogP contribution in [0, 0.1) is 11.8 Å². The van der Waals surface area contributed by atoms with Crippen molar-refractivity contribution in [2.75, 3.05) is 6.61 Å². The summed E-state index contributed by atoms with van der Waals surface area (Å²) in [5.74, 6) is -1.76. The molecule has 1 fully saturated rings. The first-order chi connectivity index (χ1) is 10.1. The molecule has 0 spiro atoms. The van der Waals surface area contributed by atoms with Gasteiger partial charge >= 0.3 is 11.9 Å². The lowest BCUT2D eigenvalue weighted by molar-refractivity contribution is -0.158. The fraction of sp³-hybridized carbons (Fsp3) is 0.882. The van der Waals surface area contributed by atoms with E-state index < -0.39 is 17.9 Å². The third-order valence-electron chi connectivity index (χ3n) is 4.45. The highest BCUT2D eigenvalue weighted by atomic mass is 16.5. The molecule has 0 aromatic rings. The Morgan fingerprint density at radius 2 is 1.76 bits per heavy atom. The standard InChI is InChI=1S/C17H30O4/c1-2-21-17(20)15(16(18)19)13-9-5-8-12-14-10-6-3-4-7-11-14/h14-15H,2-13H2,1H3,(H,18,19). The van der Waals surface area contributed by atoms with Gasteiger partial charge in [0.25, 0.3) is 0 Å². The number of carbonyl (C=O) groups is 2. The van der Waals surface area contributed by atoms with Crippen LogP contribution in [0.2, 0.25) is 0 Å². The predicted molar refractivity (Wildman–Crippen MR) is 82.0 cm³/mol. The Balaban J connectivity index is 2.15. The second-order valence-corrected chi connectivity index (χ2v) is 6.14. The van der Waals surface area contributed by atoms with E-state index in [0.717, 1.165) is 25.2 Å². The molecule has 1 aliphatic carbocycles. The topological polar surface area (TPSA) is 63.6 Å².